The number of hydrogen-bond donors (Lipinski definition) is 6. The van der Waals surface area contributed by atoms with Gasteiger partial charge in [-0.1, -0.05) is 98.0 Å². The van der Waals surface area contributed by atoms with Crippen molar-refractivity contribution in [2.75, 3.05) is 16.0 Å². The molecule has 0 saturated carbocycles. The molecule has 0 aliphatic carbocycles. The summed E-state index contributed by atoms with van der Waals surface area (Å²) in [5.74, 6) is -2.38. The molecule has 0 radical (unpaired) electrons. The van der Waals surface area contributed by atoms with E-state index in [1.165, 1.54) is 48.0 Å². The number of benzene rings is 5. The number of halogens is 1. The van der Waals surface area contributed by atoms with Crippen molar-refractivity contribution in [3.05, 3.63) is 95.0 Å². The second-order valence-electron chi connectivity index (χ2n) is 19.2. The normalized spacial score (nSPS) is 13.1. The highest BCUT2D eigenvalue weighted by Gasteiger charge is 2.37. The summed E-state index contributed by atoms with van der Waals surface area (Å²) in [6.45, 7) is 20.8. The number of aromatic hydroxyl groups is 1. The Morgan fingerprint density at radius 2 is 1.44 bits per heavy atom. The van der Waals surface area contributed by atoms with Crippen LogP contribution in [0.3, 0.4) is 0 Å². The van der Waals surface area contributed by atoms with Crippen LogP contribution in [0.25, 0.3) is 10.8 Å². The number of hydrogen-bond acceptors (Lipinski definition) is 15. The third-order valence-corrected chi connectivity index (χ3v) is 13.9. The second kappa shape index (κ2) is 23.2. The molecule has 21 heteroatoms. The molecule has 0 spiro atoms. The average Bonchev–Trinajstić information content (AvgIpc) is 3.31. The monoisotopic (exact) mass is 1050 g/mol. The Bertz CT molecular complexity index is 2990. The molecule has 386 valence electrons. The maximum absolute atomic E-state index is 14.0. The van der Waals surface area contributed by atoms with E-state index in [-0.39, 0.29) is 60.0 Å². The van der Waals surface area contributed by atoms with E-state index in [0.29, 0.717) is 29.9 Å². The van der Waals surface area contributed by atoms with E-state index in [0.717, 1.165) is 37.5 Å². The fourth-order valence-electron chi connectivity index (χ4n) is 7.14. The van der Waals surface area contributed by atoms with Gasteiger partial charge < -0.3 is 30.5 Å². The molecule has 18 nitrogen and oxygen atoms in total. The molecule has 0 bridgehead atoms. The first-order chi connectivity index (χ1) is 33.6. The van der Waals surface area contributed by atoms with Gasteiger partial charge in [0.25, 0.3) is 21.9 Å². The Labute approximate surface area is 428 Å². The standard InChI is InChI=1S/C51H60ClN5O13S2/c1-12-39(68-40-22-15-30(50(8,9)13-2)25-35(40)51(10,11)14-3)47(61)54-32-18-21-36(52)37(26-32)55-48(62)45(46(60)49(5,6)7)67-33-19-16-31(17-20-33)56-57-43-41(71-70-69-63)24-29-23-34(72(64,65)66)27-38(53-28(4)58)42(29)44(43)59/h15-27,39,45,59,63H,12-14H2,1-11H3,(H,53,58)(H,54,61)(H,55,62)(H,64,65,66). The van der Waals surface area contributed by atoms with Gasteiger partial charge in [-0.05, 0) is 108 Å². The van der Waals surface area contributed by atoms with Gasteiger partial charge in [0.15, 0.2) is 17.6 Å². The summed E-state index contributed by atoms with van der Waals surface area (Å²) >= 11 is 6.93. The predicted molar refractivity (Wildman–Crippen MR) is 276 cm³/mol. The molecule has 5 rings (SSSR count). The van der Waals surface area contributed by atoms with Crippen LogP contribution in [-0.4, -0.2) is 59.0 Å². The van der Waals surface area contributed by atoms with Gasteiger partial charge >= 0.3 is 0 Å². The molecule has 72 heavy (non-hydrogen) atoms. The summed E-state index contributed by atoms with van der Waals surface area (Å²) in [5, 5.41) is 40.3. The van der Waals surface area contributed by atoms with E-state index in [4.69, 9.17) is 26.3 Å². The van der Waals surface area contributed by atoms with Crippen molar-refractivity contribution in [2.24, 2.45) is 15.6 Å². The van der Waals surface area contributed by atoms with Crippen LogP contribution < -0.4 is 25.4 Å². The predicted octanol–water partition coefficient (Wildman–Crippen LogP) is 12.4. The van der Waals surface area contributed by atoms with E-state index in [2.05, 4.69) is 83.2 Å². The van der Waals surface area contributed by atoms with Crippen molar-refractivity contribution in [3.63, 3.8) is 0 Å². The molecule has 5 aromatic rings. The van der Waals surface area contributed by atoms with Crippen molar-refractivity contribution in [1.29, 1.82) is 0 Å². The number of phenolic OH excluding ortho intramolecular Hbond substituents is 1. The number of rotatable bonds is 21. The van der Waals surface area contributed by atoms with Crippen LogP contribution in [0.4, 0.5) is 28.4 Å². The molecule has 0 fully saturated rings. The first-order valence-electron chi connectivity index (χ1n) is 22.8. The van der Waals surface area contributed by atoms with Gasteiger partial charge in [0, 0.05) is 29.0 Å². The lowest BCUT2D eigenvalue weighted by Crippen LogP contribution is -2.45. The van der Waals surface area contributed by atoms with Crippen molar-refractivity contribution in [1.82, 2.24) is 0 Å². The number of amides is 3. The zero-order valence-corrected chi connectivity index (χ0v) is 44.2. The highest BCUT2D eigenvalue weighted by atomic mass is 35.5. The number of nitrogens with zero attached hydrogens (tertiary/aromatic N) is 2. The van der Waals surface area contributed by atoms with Gasteiger partial charge in [-0.15, -0.1) is 9.45 Å². The van der Waals surface area contributed by atoms with E-state index < -0.39 is 61.9 Å². The Morgan fingerprint density at radius 3 is 2.03 bits per heavy atom. The molecule has 0 saturated heterocycles. The Morgan fingerprint density at radius 1 is 0.778 bits per heavy atom. The van der Waals surface area contributed by atoms with Crippen molar-refractivity contribution >= 4 is 96.5 Å². The van der Waals surface area contributed by atoms with Crippen molar-refractivity contribution in [2.45, 2.75) is 128 Å². The molecule has 0 aliphatic heterocycles. The first kappa shape index (κ1) is 56.8. The zero-order valence-electron chi connectivity index (χ0n) is 41.8. The summed E-state index contributed by atoms with van der Waals surface area (Å²) in [6, 6.07) is 19.6. The van der Waals surface area contributed by atoms with Gasteiger partial charge in [-0.25, -0.2) is 5.26 Å². The summed E-state index contributed by atoms with van der Waals surface area (Å²) in [5.41, 5.74) is 0.949. The second-order valence-corrected chi connectivity index (χ2v) is 21.8. The van der Waals surface area contributed by atoms with E-state index in [1.807, 2.05) is 19.1 Å². The maximum atomic E-state index is 14.0. The topological polar surface area (TPSA) is 261 Å². The number of nitrogens with one attached hydrogen (secondary N) is 3. The van der Waals surface area contributed by atoms with Crippen LogP contribution in [0, 0.1) is 5.41 Å². The summed E-state index contributed by atoms with van der Waals surface area (Å²) in [4.78, 5) is 53.0. The van der Waals surface area contributed by atoms with Gasteiger partial charge in [0.05, 0.1) is 43.9 Å². The minimum absolute atomic E-state index is 0.00543. The smallest absolute Gasteiger partial charge is 0.294 e. The molecule has 0 heterocycles. The van der Waals surface area contributed by atoms with Crippen molar-refractivity contribution < 1.29 is 61.4 Å². The highest BCUT2D eigenvalue weighted by molar-refractivity contribution is 7.94. The number of ether oxygens (including phenoxy) is 2. The van der Waals surface area contributed by atoms with Crippen LogP contribution >= 0.6 is 23.6 Å². The summed E-state index contributed by atoms with van der Waals surface area (Å²) in [6.07, 6.45) is -0.418. The Kier molecular flexibility index (Phi) is 18.3. The van der Waals surface area contributed by atoms with Crippen LogP contribution in [0.15, 0.2) is 98.9 Å². The summed E-state index contributed by atoms with van der Waals surface area (Å²) in [7, 11) is -4.77. The fourth-order valence-corrected chi connectivity index (χ4v) is 8.34. The van der Waals surface area contributed by atoms with Crippen molar-refractivity contribution in [3.8, 4) is 17.2 Å². The van der Waals surface area contributed by atoms with Crippen LogP contribution in [0.2, 0.25) is 5.02 Å². The minimum Gasteiger partial charge on any atom is -0.505 e. The van der Waals surface area contributed by atoms with E-state index >= 15 is 0 Å². The number of carbonyl (C=O) groups excluding carboxylic acids is 4. The van der Waals surface area contributed by atoms with Crippen LogP contribution in [0.5, 0.6) is 17.2 Å². The number of anilines is 3. The number of ketones is 1. The average molecular weight is 1050 g/mol. The molecular formula is C51H60ClN5O13S2. The third kappa shape index (κ3) is 13.9. The largest absolute Gasteiger partial charge is 0.505 e. The van der Waals surface area contributed by atoms with Crippen LogP contribution in [0.1, 0.15) is 107 Å². The molecule has 3 amide bonds. The molecule has 6 N–H and O–H groups in total. The molecule has 2 atom stereocenters. The van der Waals surface area contributed by atoms with Gasteiger partial charge in [-0.3, -0.25) is 23.7 Å². The first-order valence-corrected chi connectivity index (χ1v) is 25.4. The van der Waals surface area contributed by atoms with Gasteiger partial charge in [0.1, 0.15) is 17.2 Å². The SMILES string of the molecule is CCC(Oc1ccc(C(C)(C)CC)cc1C(C)(C)CC)C(=O)Nc1ccc(Cl)c(NC(=O)C(Oc2ccc(N=Nc3c(SOOO)cc4cc(S(=O)(=O)O)cc(NC(C)=O)c4c3O)cc2)C(=O)C(C)(C)C)c1. The minimum atomic E-state index is -4.77. The molecule has 5 aromatic carbocycles. The number of fused-ring (bicyclic) bond motifs is 1. The lowest BCUT2D eigenvalue weighted by molar-refractivity contribution is -0.432. The van der Waals surface area contributed by atoms with E-state index in [9.17, 15) is 37.3 Å². The van der Waals surface area contributed by atoms with Crippen LogP contribution in [-0.2, 0) is 49.5 Å². The lowest BCUT2D eigenvalue weighted by Gasteiger charge is -2.31. The molecule has 2 unspecified atom stereocenters. The maximum Gasteiger partial charge on any atom is 0.294 e. The molecular weight excluding hydrogens is 990 g/mol. The highest BCUT2D eigenvalue weighted by Crippen LogP contribution is 2.47. The lowest BCUT2D eigenvalue weighted by atomic mass is 9.76. The van der Waals surface area contributed by atoms with Gasteiger partial charge in [0.2, 0.25) is 12.0 Å². The quantitative estimate of drug-likeness (QED) is 0.00997. The van der Waals surface area contributed by atoms with E-state index in [1.54, 1.807) is 26.8 Å². The fraction of sp³-hybridized carbons (Fsp3) is 0.373. The zero-order chi connectivity index (χ0) is 53.5. The van der Waals surface area contributed by atoms with Gasteiger partial charge in [-0.2, -0.15) is 13.5 Å². The third-order valence-electron chi connectivity index (χ3n) is 12.1. The Balaban J connectivity index is 1.38. The number of Topliss-reactive ketones (excluding diaryl/α,β-unsaturated/α-hetero) is 1. The molecule has 0 aliphatic rings. The molecule has 0 aromatic heterocycles. The number of phenols is 1. The number of azo groups is 1. The number of carbonyl (C=O) groups is 4. The Hall–Kier alpha value is -6.13. The summed E-state index contributed by atoms with van der Waals surface area (Å²) < 4.78 is 50.8.